The van der Waals surface area contributed by atoms with E-state index in [1.807, 2.05) is 6.07 Å². The van der Waals surface area contributed by atoms with Crippen LogP contribution in [0.25, 0.3) is 0 Å². The van der Waals surface area contributed by atoms with E-state index in [0.717, 1.165) is 0 Å². The Morgan fingerprint density at radius 1 is 1.43 bits per heavy atom. The van der Waals surface area contributed by atoms with Gasteiger partial charge in [0.05, 0.1) is 10.5 Å². The fraction of sp³-hybridized carbons (Fsp3) is 0.188. The SMILES string of the molecule is CC(=O)c1cc(C#N)c(SCc2ccccc2[N+](=O)[O-])nc1C. The van der Waals surface area contributed by atoms with Gasteiger partial charge in [0.25, 0.3) is 5.69 Å². The number of Topliss-reactive ketones (excluding diaryl/α,β-unsaturated/α-hetero) is 1. The summed E-state index contributed by atoms with van der Waals surface area (Å²) in [6, 6.07) is 10.00. The summed E-state index contributed by atoms with van der Waals surface area (Å²) in [5.41, 5.74) is 1.85. The average molecular weight is 327 g/mol. The summed E-state index contributed by atoms with van der Waals surface area (Å²) < 4.78 is 0. The fourth-order valence-corrected chi connectivity index (χ4v) is 3.08. The van der Waals surface area contributed by atoms with Crippen LogP contribution in [0.15, 0.2) is 35.4 Å². The van der Waals surface area contributed by atoms with Crippen molar-refractivity contribution in [3.05, 3.63) is 62.8 Å². The van der Waals surface area contributed by atoms with Gasteiger partial charge in [0.1, 0.15) is 11.1 Å². The predicted molar refractivity (Wildman–Crippen MR) is 86.4 cm³/mol. The molecule has 1 heterocycles. The molecule has 0 saturated carbocycles. The molecule has 23 heavy (non-hydrogen) atoms. The molecule has 1 aromatic carbocycles. The van der Waals surface area contributed by atoms with Gasteiger partial charge in [-0.3, -0.25) is 14.9 Å². The number of nitrogens with zero attached hydrogens (tertiary/aromatic N) is 3. The first-order valence-corrected chi connectivity index (χ1v) is 7.70. The number of benzene rings is 1. The fourth-order valence-electron chi connectivity index (χ4n) is 2.09. The standard InChI is InChI=1S/C16H13N3O3S/c1-10-14(11(2)20)7-13(8-17)16(18-10)23-9-12-5-3-4-6-15(12)19(21)22/h3-7H,9H2,1-2H3. The molecule has 6 nitrogen and oxygen atoms in total. The van der Waals surface area contributed by atoms with Crippen LogP contribution in [0.2, 0.25) is 0 Å². The number of aromatic nitrogens is 1. The highest BCUT2D eigenvalue weighted by Gasteiger charge is 2.16. The Balaban J connectivity index is 2.32. The molecule has 116 valence electrons. The van der Waals surface area contributed by atoms with Gasteiger partial charge in [-0.1, -0.05) is 18.2 Å². The maximum Gasteiger partial charge on any atom is 0.273 e. The zero-order chi connectivity index (χ0) is 17.0. The zero-order valence-corrected chi connectivity index (χ0v) is 13.4. The van der Waals surface area contributed by atoms with Crippen molar-refractivity contribution in [3.8, 4) is 6.07 Å². The number of para-hydroxylation sites is 1. The van der Waals surface area contributed by atoms with Crippen molar-refractivity contribution in [3.63, 3.8) is 0 Å². The smallest absolute Gasteiger partial charge is 0.273 e. The van der Waals surface area contributed by atoms with Crippen LogP contribution in [0, 0.1) is 28.4 Å². The Bertz CT molecular complexity index is 828. The van der Waals surface area contributed by atoms with Gasteiger partial charge in [0.15, 0.2) is 5.78 Å². The Kier molecular flexibility index (Phi) is 5.09. The molecule has 0 radical (unpaired) electrons. The van der Waals surface area contributed by atoms with Gasteiger partial charge in [-0.05, 0) is 19.9 Å². The molecular formula is C16H13N3O3S. The molecule has 2 aromatic rings. The van der Waals surface area contributed by atoms with Gasteiger partial charge in [-0.25, -0.2) is 4.98 Å². The third-order valence-electron chi connectivity index (χ3n) is 3.23. The summed E-state index contributed by atoms with van der Waals surface area (Å²) in [6.07, 6.45) is 0. The zero-order valence-electron chi connectivity index (χ0n) is 12.6. The highest BCUT2D eigenvalue weighted by atomic mass is 32.2. The highest BCUT2D eigenvalue weighted by Crippen LogP contribution is 2.29. The summed E-state index contributed by atoms with van der Waals surface area (Å²) in [6.45, 7) is 3.12. The molecular weight excluding hydrogens is 314 g/mol. The minimum Gasteiger partial charge on any atom is -0.294 e. The largest absolute Gasteiger partial charge is 0.294 e. The first-order chi connectivity index (χ1) is 10.9. The van der Waals surface area contributed by atoms with Gasteiger partial charge < -0.3 is 0 Å². The monoisotopic (exact) mass is 327 g/mol. The number of pyridine rings is 1. The van der Waals surface area contributed by atoms with Crippen LogP contribution in [-0.4, -0.2) is 15.7 Å². The van der Waals surface area contributed by atoms with E-state index in [2.05, 4.69) is 4.98 Å². The van der Waals surface area contributed by atoms with E-state index in [9.17, 15) is 20.2 Å². The van der Waals surface area contributed by atoms with Crippen molar-refractivity contribution < 1.29 is 9.72 Å². The normalized spacial score (nSPS) is 10.1. The Hall–Kier alpha value is -2.72. The van der Waals surface area contributed by atoms with Crippen molar-refractivity contribution in [1.29, 1.82) is 5.26 Å². The van der Waals surface area contributed by atoms with Crippen LogP contribution in [-0.2, 0) is 5.75 Å². The van der Waals surface area contributed by atoms with E-state index in [1.165, 1.54) is 30.8 Å². The molecule has 0 saturated heterocycles. The van der Waals surface area contributed by atoms with Crippen LogP contribution in [0.4, 0.5) is 5.69 Å². The predicted octanol–water partition coefficient (Wildman–Crippen LogP) is 3.66. The third-order valence-corrected chi connectivity index (χ3v) is 4.27. The van der Waals surface area contributed by atoms with Crippen molar-refractivity contribution in [2.45, 2.75) is 24.6 Å². The first kappa shape index (κ1) is 16.6. The van der Waals surface area contributed by atoms with Crippen LogP contribution in [0.3, 0.4) is 0 Å². The molecule has 0 bridgehead atoms. The maximum absolute atomic E-state index is 11.5. The lowest BCUT2D eigenvalue weighted by molar-refractivity contribution is -0.385. The molecule has 7 heteroatoms. The summed E-state index contributed by atoms with van der Waals surface area (Å²) in [5.74, 6) is 0.166. The van der Waals surface area contributed by atoms with Gasteiger partial charge in [0, 0.05) is 28.6 Å². The molecule has 2 rings (SSSR count). The van der Waals surface area contributed by atoms with Gasteiger partial charge in [-0.15, -0.1) is 11.8 Å². The van der Waals surface area contributed by atoms with E-state index in [0.29, 0.717) is 33.2 Å². The Morgan fingerprint density at radius 2 is 2.13 bits per heavy atom. The van der Waals surface area contributed by atoms with Crippen LogP contribution < -0.4 is 0 Å². The molecule has 0 aliphatic heterocycles. The number of hydrogen-bond acceptors (Lipinski definition) is 6. The molecule has 0 atom stereocenters. The number of nitro groups is 1. The van der Waals surface area contributed by atoms with Gasteiger partial charge >= 0.3 is 0 Å². The number of nitriles is 1. The number of rotatable bonds is 5. The summed E-state index contributed by atoms with van der Waals surface area (Å²) in [4.78, 5) is 26.4. The van der Waals surface area contributed by atoms with Crippen LogP contribution in [0.5, 0.6) is 0 Å². The van der Waals surface area contributed by atoms with Crippen LogP contribution >= 0.6 is 11.8 Å². The lowest BCUT2D eigenvalue weighted by atomic mass is 10.1. The van der Waals surface area contributed by atoms with Gasteiger partial charge in [0.2, 0.25) is 0 Å². The van der Waals surface area contributed by atoms with Crippen molar-refractivity contribution in [2.75, 3.05) is 0 Å². The number of carbonyl (C=O) groups excluding carboxylic acids is 1. The summed E-state index contributed by atoms with van der Waals surface area (Å²) in [7, 11) is 0. The molecule has 0 unspecified atom stereocenters. The van der Waals surface area contributed by atoms with E-state index in [4.69, 9.17) is 0 Å². The first-order valence-electron chi connectivity index (χ1n) is 6.71. The second kappa shape index (κ2) is 7.03. The summed E-state index contributed by atoms with van der Waals surface area (Å²) >= 11 is 1.24. The Labute approximate surface area is 137 Å². The van der Waals surface area contributed by atoms with E-state index < -0.39 is 4.92 Å². The highest BCUT2D eigenvalue weighted by molar-refractivity contribution is 7.98. The van der Waals surface area contributed by atoms with Gasteiger partial charge in [-0.2, -0.15) is 5.26 Å². The lowest BCUT2D eigenvalue weighted by Crippen LogP contribution is -2.02. The van der Waals surface area contributed by atoms with E-state index in [1.54, 1.807) is 25.1 Å². The molecule has 0 aliphatic carbocycles. The molecule has 0 amide bonds. The number of nitro benzene ring substituents is 1. The number of aryl methyl sites for hydroxylation is 1. The number of carbonyl (C=O) groups is 1. The topological polar surface area (TPSA) is 96.9 Å². The molecule has 0 N–H and O–H groups in total. The molecule has 1 aromatic heterocycles. The molecule has 0 aliphatic rings. The van der Waals surface area contributed by atoms with E-state index in [-0.39, 0.29) is 11.5 Å². The Morgan fingerprint density at radius 3 is 2.74 bits per heavy atom. The average Bonchev–Trinajstić information content (AvgIpc) is 2.52. The van der Waals surface area contributed by atoms with Crippen molar-refractivity contribution in [1.82, 2.24) is 4.98 Å². The second-order valence-electron chi connectivity index (χ2n) is 4.82. The minimum absolute atomic E-state index is 0.0376. The third kappa shape index (κ3) is 3.73. The molecule has 0 fully saturated rings. The minimum atomic E-state index is -0.432. The quantitative estimate of drug-likeness (QED) is 0.360. The van der Waals surface area contributed by atoms with E-state index >= 15 is 0 Å². The van der Waals surface area contributed by atoms with Crippen molar-refractivity contribution in [2.24, 2.45) is 0 Å². The number of ketones is 1. The molecule has 0 spiro atoms. The summed E-state index contributed by atoms with van der Waals surface area (Å²) in [5, 5.41) is 20.7. The van der Waals surface area contributed by atoms with Crippen LogP contribution in [0.1, 0.15) is 34.1 Å². The second-order valence-corrected chi connectivity index (χ2v) is 5.78. The number of thioether (sulfide) groups is 1. The lowest BCUT2D eigenvalue weighted by Gasteiger charge is -2.08. The maximum atomic E-state index is 11.5. The van der Waals surface area contributed by atoms with Crippen molar-refractivity contribution >= 4 is 23.2 Å². The number of hydrogen-bond donors (Lipinski definition) is 0.